The van der Waals surface area contributed by atoms with E-state index in [1.807, 2.05) is 20.8 Å². The summed E-state index contributed by atoms with van der Waals surface area (Å²) in [6, 6.07) is 3.21. The summed E-state index contributed by atoms with van der Waals surface area (Å²) >= 11 is 0. The van der Waals surface area contributed by atoms with Crippen molar-refractivity contribution in [2.75, 3.05) is 0 Å². The third kappa shape index (κ3) is 4.76. The number of halogens is 2. The van der Waals surface area contributed by atoms with E-state index in [2.05, 4.69) is 46.9 Å². The Morgan fingerprint density at radius 1 is 0.906 bits per heavy atom. The highest BCUT2D eigenvalue weighted by Crippen LogP contribution is 2.49. The van der Waals surface area contributed by atoms with Crippen LogP contribution in [0.25, 0.3) is 0 Å². The Balaban J connectivity index is 1.95. The van der Waals surface area contributed by atoms with Crippen LogP contribution in [-0.4, -0.2) is 32.9 Å². The summed E-state index contributed by atoms with van der Waals surface area (Å²) in [5.41, 5.74) is -0.175. The zero-order valence-electron chi connectivity index (χ0n) is 21.5. The first-order valence-corrected chi connectivity index (χ1v) is 12.3. The number of hydrogen-bond acceptors (Lipinski definition) is 3. The van der Waals surface area contributed by atoms with Gasteiger partial charge in [0.25, 0.3) is 0 Å². The summed E-state index contributed by atoms with van der Waals surface area (Å²) < 4.78 is 31.1. The van der Waals surface area contributed by atoms with Gasteiger partial charge in [-0.1, -0.05) is 27.7 Å². The molecule has 2 aliphatic rings. The van der Waals surface area contributed by atoms with Gasteiger partial charge in [-0.25, -0.2) is 8.78 Å². The SMILES string of the molecule is CC(C)C1CC(c2cc(F)c(C3CC(C)(C)N(O)C(C)(C(C)C)C3)cc2F)CC(C)(C)N1. The zero-order valence-corrected chi connectivity index (χ0v) is 21.5. The van der Waals surface area contributed by atoms with E-state index < -0.39 is 11.1 Å². The highest BCUT2D eigenvalue weighted by atomic mass is 19.1. The number of nitrogens with one attached hydrogen (secondary N) is 1. The van der Waals surface area contributed by atoms with Crippen LogP contribution in [0.1, 0.15) is 111 Å². The fraction of sp³-hybridized carbons (Fsp3) is 0.778. The molecule has 0 aromatic heterocycles. The summed E-state index contributed by atoms with van der Waals surface area (Å²) in [6.07, 6.45) is 2.78. The molecule has 0 bridgehead atoms. The van der Waals surface area contributed by atoms with Crippen molar-refractivity contribution in [2.45, 2.75) is 122 Å². The van der Waals surface area contributed by atoms with Crippen LogP contribution >= 0.6 is 0 Å². The Kier molecular flexibility index (Phi) is 6.90. The molecular formula is C27H44F2N2O. The zero-order chi connectivity index (χ0) is 24.2. The first-order valence-electron chi connectivity index (χ1n) is 12.3. The third-order valence-electron chi connectivity index (χ3n) is 8.38. The largest absolute Gasteiger partial charge is 0.313 e. The van der Waals surface area contributed by atoms with Gasteiger partial charge in [0.05, 0.1) is 0 Å². The van der Waals surface area contributed by atoms with E-state index in [1.54, 1.807) is 0 Å². The Morgan fingerprint density at radius 3 is 1.94 bits per heavy atom. The van der Waals surface area contributed by atoms with E-state index in [1.165, 1.54) is 17.2 Å². The van der Waals surface area contributed by atoms with Gasteiger partial charge in [0.1, 0.15) is 11.6 Å². The van der Waals surface area contributed by atoms with Crippen molar-refractivity contribution < 1.29 is 14.0 Å². The second kappa shape index (κ2) is 8.63. The minimum atomic E-state index is -0.521. The molecule has 2 saturated heterocycles. The molecule has 2 fully saturated rings. The molecule has 1 aromatic rings. The lowest BCUT2D eigenvalue weighted by molar-refractivity contribution is -0.262. The summed E-state index contributed by atoms with van der Waals surface area (Å²) in [5.74, 6) is -0.133. The number of benzene rings is 1. The summed E-state index contributed by atoms with van der Waals surface area (Å²) in [5, 5.41) is 16.0. The fourth-order valence-electron chi connectivity index (χ4n) is 6.24. The van der Waals surface area contributed by atoms with Crippen LogP contribution in [0.15, 0.2) is 12.1 Å². The minimum absolute atomic E-state index is 0.00106. The van der Waals surface area contributed by atoms with Crippen molar-refractivity contribution in [3.05, 3.63) is 34.9 Å². The molecule has 1 aromatic carbocycles. The van der Waals surface area contributed by atoms with Crippen molar-refractivity contribution in [1.82, 2.24) is 10.4 Å². The quantitative estimate of drug-likeness (QED) is 0.518. The first-order chi connectivity index (χ1) is 14.6. The standard InChI is InChI=1S/C27H44F2N2O/c1-16(2)24-10-18(13-25(5,6)30-24)20-11-23(29)21(12-22(20)28)19-14-26(7,8)31(32)27(9,15-19)17(3)4/h11-12,16-19,24,30,32H,10,13-15H2,1-9H3. The molecule has 0 saturated carbocycles. The second-order valence-electron chi connectivity index (χ2n) is 12.7. The van der Waals surface area contributed by atoms with Gasteiger partial charge in [-0.3, -0.25) is 0 Å². The Hall–Kier alpha value is -1.04. The van der Waals surface area contributed by atoms with Gasteiger partial charge in [-0.15, -0.1) is 0 Å². The van der Waals surface area contributed by atoms with Crippen LogP contribution in [-0.2, 0) is 0 Å². The van der Waals surface area contributed by atoms with Gasteiger partial charge in [-0.05, 0) is 107 Å². The van der Waals surface area contributed by atoms with E-state index in [0.717, 1.165) is 12.8 Å². The number of hydrogen-bond donors (Lipinski definition) is 2. The molecule has 3 rings (SSSR count). The van der Waals surface area contributed by atoms with Gasteiger partial charge in [0.2, 0.25) is 0 Å². The van der Waals surface area contributed by atoms with Gasteiger partial charge in [0, 0.05) is 22.7 Å². The topological polar surface area (TPSA) is 35.5 Å². The molecule has 4 unspecified atom stereocenters. The molecule has 0 amide bonds. The molecule has 32 heavy (non-hydrogen) atoms. The first kappa shape index (κ1) is 25.6. The van der Waals surface area contributed by atoms with Crippen LogP contribution in [0.4, 0.5) is 8.78 Å². The Labute approximate surface area is 193 Å². The summed E-state index contributed by atoms with van der Waals surface area (Å²) in [6.45, 7) is 18.8. The molecule has 0 aliphatic carbocycles. The van der Waals surface area contributed by atoms with Crippen molar-refractivity contribution >= 4 is 0 Å². The van der Waals surface area contributed by atoms with E-state index in [-0.39, 0.29) is 41.0 Å². The monoisotopic (exact) mass is 450 g/mol. The van der Waals surface area contributed by atoms with Crippen molar-refractivity contribution in [1.29, 1.82) is 0 Å². The van der Waals surface area contributed by atoms with Crippen LogP contribution in [0.2, 0.25) is 0 Å². The molecule has 2 N–H and O–H groups in total. The van der Waals surface area contributed by atoms with Gasteiger partial charge >= 0.3 is 0 Å². The molecular weight excluding hydrogens is 406 g/mol. The van der Waals surface area contributed by atoms with Crippen molar-refractivity contribution in [3.8, 4) is 0 Å². The van der Waals surface area contributed by atoms with Gasteiger partial charge < -0.3 is 10.5 Å². The summed E-state index contributed by atoms with van der Waals surface area (Å²) in [7, 11) is 0. The average molecular weight is 451 g/mol. The van der Waals surface area contributed by atoms with Crippen LogP contribution in [0, 0.1) is 23.5 Å². The molecule has 0 spiro atoms. The number of hydroxylamine groups is 2. The maximum atomic E-state index is 15.6. The number of rotatable bonds is 4. The third-order valence-corrected chi connectivity index (χ3v) is 8.38. The average Bonchev–Trinajstić information content (AvgIpc) is 2.65. The maximum absolute atomic E-state index is 15.6. The van der Waals surface area contributed by atoms with Crippen LogP contribution in [0.5, 0.6) is 0 Å². The molecule has 182 valence electrons. The number of nitrogens with zero attached hydrogens (tertiary/aromatic N) is 1. The highest BCUT2D eigenvalue weighted by Gasteiger charge is 2.50. The molecule has 2 aliphatic heterocycles. The van der Waals surface area contributed by atoms with E-state index in [4.69, 9.17) is 0 Å². The Bertz CT molecular complexity index is 835. The minimum Gasteiger partial charge on any atom is -0.313 e. The van der Waals surface area contributed by atoms with E-state index in [0.29, 0.717) is 29.9 Å². The molecule has 4 atom stereocenters. The molecule has 0 radical (unpaired) electrons. The molecule has 5 heteroatoms. The maximum Gasteiger partial charge on any atom is 0.127 e. The van der Waals surface area contributed by atoms with Gasteiger partial charge in [-0.2, -0.15) is 5.06 Å². The predicted octanol–water partition coefficient (Wildman–Crippen LogP) is 7.00. The smallest absolute Gasteiger partial charge is 0.127 e. The number of piperidine rings is 2. The normalized spacial score (nSPS) is 33.1. The lowest BCUT2D eigenvalue weighted by atomic mass is 9.68. The van der Waals surface area contributed by atoms with E-state index in [9.17, 15) is 5.21 Å². The van der Waals surface area contributed by atoms with Crippen molar-refractivity contribution in [2.24, 2.45) is 11.8 Å². The fourth-order valence-corrected chi connectivity index (χ4v) is 6.24. The predicted molar refractivity (Wildman–Crippen MR) is 127 cm³/mol. The lowest BCUT2D eigenvalue weighted by Crippen LogP contribution is -2.62. The van der Waals surface area contributed by atoms with E-state index >= 15 is 8.78 Å². The van der Waals surface area contributed by atoms with Gasteiger partial charge in [0.15, 0.2) is 0 Å². The highest BCUT2D eigenvalue weighted by molar-refractivity contribution is 5.33. The van der Waals surface area contributed by atoms with Crippen LogP contribution in [0.3, 0.4) is 0 Å². The van der Waals surface area contributed by atoms with Crippen molar-refractivity contribution in [3.63, 3.8) is 0 Å². The Morgan fingerprint density at radius 2 is 1.44 bits per heavy atom. The molecule has 2 heterocycles. The van der Waals surface area contributed by atoms with Crippen LogP contribution < -0.4 is 5.32 Å². The molecule has 3 nitrogen and oxygen atoms in total. The summed E-state index contributed by atoms with van der Waals surface area (Å²) in [4.78, 5) is 0. The second-order valence-corrected chi connectivity index (χ2v) is 12.7. The lowest BCUT2D eigenvalue weighted by Gasteiger charge is -2.55.